The SMILES string of the molecule is Cc1nc(-c2ccc(NC(=O)CC3CCS(=O)(=O)C3)cc2)cs1. The molecule has 3 rings (SSSR count). The fourth-order valence-corrected chi connectivity index (χ4v) is 5.21. The molecule has 5 nitrogen and oxygen atoms in total. The number of aryl methyl sites for hydroxylation is 1. The highest BCUT2D eigenvalue weighted by Crippen LogP contribution is 2.24. The number of nitrogens with one attached hydrogen (secondary N) is 1. The number of benzene rings is 1. The van der Waals surface area contributed by atoms with Crippen LogP contribution in [0.15, 0.2) is 29.6 Å². The largest absolute Gasteiger partial charge is 0.326 e. The van der Waals surface area contributed by atoms with Gasteiger partial charge in [-0.1, -0.05) is 12.1 Å². The summed E-state index contributed by atoms with van der Waals surface area (Å²) in [5, 5.41) is 5.85. The molecule has 0 spiro atoms. The van der Waals surface area contributed by atoms with E-state index in [1.807, 2.05) is 36.6 Å². The minimum Gasteiger partial charge on any atom is -0.326 e. The Balaban J connectivity index is 1.59. The lowest BCUT2D eigenvalue weighted by atomic mass is 10.0. The number of aromatic nitrogens is 1. The molecule has 1 atom stereocenters. The fourth-order valence-electron chi connectivity index (χ4n) is 2.73. The van der Waals surface area contributed by atoms with Crippen molar-refractivity contribution in [3.05, 3.63) is 34.7 Å². The Bertz CT molecular complexity index is 810. The van der Waals surface area contributed by atoms with E-state index in [1.165, 1.54) is 0 Å². The van der Waals surface area contributed by atoms with Gasteiger partial charge in [0.25, 0.3) is 0 Å². The van der Waals surface area contributed by atoms with E-state index in [1.54, 1.807) is 11.3 Å². The van der Waals surface area contributed by atoms with E-state index >= 15 is 0 Å². The van der Waals surface area contributed by atoms with Crippen LogP contribution in [0.2, 0.25) is 0 Å². The van der Waals surface area contributed by atoms with Crippen molar-refractivity contribution in [3.63, 3.8) is 0 Å². The second-order valence-corrected chi connectivity index (χ2v) is 9.14. The lowest BCUT2D eigenvalue weighted by Gasteiger charge is -2.09. The molecule has 1 aliphatic rings. The predicted molar refractivity (Wildman–Crippen MR) is 92.3 cm³/mol. The lowest BCUT2D eigenvalue weighted by Crippen LogP contribution is -2.17. The quantitative estimate of drug-likeness (QED) is 0.920. The molecule has 23 heavy (non-hydrogen) atoms. The molecule has 1 saturated heterocycles. The third-order valence-electron chi connectivity index (χ3n) is 3.88. The predicted octanol–water partition coefficient (Wildman–Crippen LogP) is 2.88. The Morgan fingerprint density at radius 2 is 2.09 bits per heavy atom. The zero-order chi connectivity index (χ0) is 16.4. The van der Waals surface area contributed by atoms with Crippen molar-refractivity contribution in [1.29, 1.82) is 0 Å². The molecule has 1 aliphatic heterocycles. The van der Waals surface area contributed by atoms with Gasteiger partial charge in [0, 0.05) is 23.1 Å². The van der Waals surface area contributed by atoms with E-state index in [2.05, 4.69) is 10.3 Å². The van der Waals surface area contributed by atoms with Gasteiger partial charge in [-0.05, 0) is 31.4 Å². The maximum absolute atomic E-state index is 12.0. The third-order valence-corrected chi connectivity index (χ3v) is 6.49. The van der Waals surface area contributed by atoms with Gasteiger partial charge in [0.1, 0.15) is 0 Å². The zero-order valence-corrected chi connectivity index (χ0v) is 14.4. The first-order valence-corrected chi connectivity index (χ1v) is 10.1. The summed E-state index contributed by atoms with van der Waals surface area (Å²) in [6.07, 6.45) is 0.837. The maximum atomic E-state index is 12.0. The van der Waals surface area contributed by atoms with Gasteiger partial charge < -0.3 is 5.32 Å². The van der Waals surface area contributed by atoms with Crippen molar-refractivity contribution in [3.8, 4) is 11.3 Å². The van der Waals surface area contributed by atoms with Crippen molar-refractivity contribution in [2.24, 2.45) is 5.92 Å². The summed E-state index contributed by atoms with van der Waals surface area (Å²) >= 11 is 1.60. The van der Waals surface area contributed by atoms with E-state index in [-0.39, 0.29) is 29.8 Å². The van der Waals surface area contributed by atoms with Crippen LogP contribution in [0.3, 0.4) is 0 Å². The van der Waals surface area contributed by atoms with Crippen LogP contribution in [0.25, 0.3) is 11.3 Å². The van der Waals surface area contributed by atoms with Crippen LogP contribution in [0.4, 0.5) is 5.69 Å². The molecule has 1 N–H and O–H groups in total. The number of sulfone groups is 1. The highest BCUT2D eigenvalue weighted by atomic mass is 32.2. The first kappa shape index (κ1) is 16.1. The number of carbonyl (C=O) groups excluding carboxylic acids is 1. The summed E-state index contributed by atoms with van der Waals surface area (Å²) in [5.74, 6) is 0.136. The zero-order valence-electron chi connectivity index (χ0n) is 12.8. The van der Waals surface area contributed by atoms with Crippen LogP contribution < -0.4 is 5.32 Å². The van der Waals surface area contributed by atoms with Crippen LogP contribution >= 0.6 is 11.3 Å². The minimum atomic E-state index is -2.93. The number of hydrogen-bond donors (Lipinski definition) is 1. The second kappa shape index (κ2) is 6.41. The van der Waals surface area contributed by atoms with Gasteiger partial charge in [-0.15, -0.1) is 11.3 Å². The second-order valence-electron chi connectivity index (χ2n) is 5.85. The lowest BCUT2D eigenvalue weighted by molar-refractivity contribution is -0.116. The van der Waals surface area contributed by atoms with Gasteiger partial charge in [-0.2, -0.15) is 0 Å². The Labute approximate surface area is 139 Å². The summed E-state index contributed by atoms with van der Waals surface area (Å²) in [7, 11) is -2.93. The average molecular weight is 350 g/mol. The van der Waals surface area contributed by atoms with Crippen molar-refractivity contribution in [2.75, 3.05) is 16.8 Å². The Hall–Kier alpha value is -1.73. The molecule has 2 aromatic rings. The molecule has 1 unspecified atom stereocenters. The van der Waals surface area contributed by atoms with Crippen LogP contribution in [0.1, 0.15) is 17.8 Å². The number of nitrogens with zero attached hydrogens (tertiary/aromatic N) is 1. The number of hydrogen-bond acceptors (Lipinski definition) is 5. The molecule has 1 aromatic heterocycles. The van der Waals surface area contributed by atoms with E-state index in [9.17, 15) is 13.2 Å². The Kier molecular flexibility index (Phi) is 4.50. The fraction of sp³-hybridized carbons (Fsp3) is 0.375. The van der Waals surface area contributed by atoms with E-state index in [0.717, 1.165) is 16.3 Å². The van der Waals surface area contributed by atoms with Gasteiger partial charge in [0.2, 0.25) is 5.91 Å². The van der Waals surface area contributed by atoms with Crippen LogP contribution in [0, 0.1) is 12.8 Å². The third kappa shape index (κ3) is 4.17. The first-order chi connectivity index (χ1) is 10.9. The van der Waals surface area contributed by atoms with Crippen LogP contribution in [0.5, 0.6) is 0 Å². The molecule has 122 valence electrons. The monoisotopic (exact) mass is 350 g/mol. The molecule has 1 amide bonds. The summed E-state index contributed by atoms with van der Waals surface area (Å²) in [4.78, 5) is 16.4. The molecular formula is C16H18N2O3S2. The molecule has 1 aromatic carbocycles. The van der Waals surface area contributed by atoms with E-state index in [4.69, 9.17) is 0 Å². The molecule has 0 aliphatic carbocycles. The summed E-state index contributed by atoms with van der Waals surface area (Å²) in [6, 6.07) is 7.52. The van der Waals surface area contributed by atoms with Gasteiger partial charge >= 0.3 is 0 Å². The van der Waals surface area contributed by atoms with Gasteiger partial charge in [0.15, 0.2) is 9.84 Å². The molecule has 2 heterocycles. The van der Waals surface area contributed by atoms with Crippen LogP contribution in [-0.2, 0) is 14.6 Å². The molecule has 0 radical (unpaired) electrons. The number of thiazole rings is 1. The topological polar surface area (TPSA) is 76.1 Å². The van der Waals surface area contributed by atoms with E-state index < -0.39 is 9.84 Å². The summed E-state index contributed by atoms with van der Waals surface area (Å²) in [5.41, 5.74) is 2.65. The normalized spacial score (nSPS) is 19.6. The minimum absolute atomic E-state index is 0.0581. The Morgan fingerprint density at radius 1 is 1.35 bits per heavy atom. The number of amides is 1. The highest BCUT2D eigenvalue weighted by molar-refractivity contribution is 7.91. The standard InChI is InChI=1S/C16H18N2O3S2/c1-11-17-15(9-22-11)13-2-4-14(5-3-13)18-16(19)8-12-6-7-23(20,21)10-12/h2-5,9,12H,6-8,10H2,1H3,(H,18,19). The summed E-state index contributed by atoms with van der Waals surface area (Å²) in [6.45, 7) is 1.96. The molecule has 0 bridgehead atoms. The molecule has 1 fully saturated rings. The molecule has 7 heteroatoms. The molecular weight excluding hydrogens is 332 g/mol. The van der Waals surface area contributed by atoms with Crippen molar-refractivity contribution < 1.29 is 13.2 Å². The average Bonchev–Trinajstić information content (AvgIpc) is 3.05. The van der Waals surface area contributed by atoms with Gasteiger partial charge in [0.05, 0.1) is 22.2 Å². The van der Waals surface area contributed by atoms with Gasteiger partial charge in [-0.3, -0.25) is 4.79 Å². The van der Waals surface area contributed by atoms with Crippen molar-refractivity contribution in [1.82, 2.24) is 4.98 Å². The smallest absolute Gasteiger partial charge is 0.224 e. The Morgan fingerprint density at radius 3 is 2.65 bits per heavy atom. The van der Waals surface area contributed by atoms with Crippen molar-refractivity contribution in [2.45, 2.75) is 19.8 Å². The van der Waals surface area contributed by atoms with Crippen molar-refractivity contribution >= 4 is 32.8 Å². The van der Waals surface area contributed by atoms with Crippen LogP contribution in [-0.4, -0.2) is 30.8 Å². The highest BCUT2D eigenvalue weighted by Gasteiger charge is 2.29. The number of rotatable bonds is 4. The van der Waals surface area contributed by atoms with Gasteiger partial charge in [-0.25, -0.2) is 13.4 Å². The number of carbonyl (C=O) groups is 1. The number of anilines is 1. The first-order valence-electron chi connectivity index (χ1n) is 7.44. The summed E-state index contributed by atoms with van der Waals surface area (Å²) < 4.78 is 22.8. The maximum Gasteiger partial charge on any atom is 0.224 e. The van der Waals surface area contributed by atoms with E-state index in [0.29, 0.717) is 12.1 Å². The molecule has 0 saturated carbocycles.